The Bertz CT molecular complexity index is 2590. The standard InChI is InChI=1S/C42H33N/c1-42(2,3)34-19-16-28(17-20-34)29-14-15-30-24-38-40(26-32(30)22-29)39-25-31-18-21-37(23-33(31)27-41(38)39)43(35-10-6-4-7-11-35)36-12-8-5-9-13-36/h4-27H,1-3H3/i15D,18D,21D,22D,23D,24D,25D,26D,27D. The normalized spacial score (nSPS) is 15.0. The first-order valence-electron chi connectivity index (χ1n) is 18.9. The summed E-state index contributed by atoms with van der Waals surface area (Å²) >= 11 is 0. The second kappa shape index (κ2) is 9.71. The molecule has 0 atom stereocenters. The van der Waals surface area contributed by atoms with Crippen LogP contribution in [0.2, 0.25) is 0 Å². The van der Waals surface area contributed by atoms with Crippen molar-refractivity contribution in [2.45, 2.75) is 26.2 Å². The Morgan fingerprint density at radius 1 is 0.442 bits per heavy atom. The summed E-state index contributed by atoms with van der Waals surface area (Å²) in [6, 6.07) is 26.3. The molecular formula is C42H33N. The lowest BCUT2D eigenvalue weighted by Crippen LogP contribution is -2.10. The highest BCUT2D eigenvalue weighted by Crippen LogP contribution is 2.51. The summed E-state index contributed by atoms with van der Waals surface area (Å²) in [5.74, 6) is 0. The minimum atomic E-state index is -0.318. The van der Waals surface area contributed by atoms with Gasteiger partial charge in [-0.1, -0.05) is 99.6 Å². The SMILES string of the molecule is [2H]c1c(N(c2ccccc2)c2ccccc2)c([2H])c2c([2H])c3c(c([2H])c2c1[2H])-c1c-3c([2H])c2c([2H])cc(-c3ccc(C(C)(C)C)cc3)c([2H])c2c1[2H]. The zero-order valence-electron chi connectivity index (χ0n) is 33.1. The first-order valence-corrected chi connectivity index (χ1v) is 14.4. The van der Waals surface area contributed by atoms with Gasteiger partial charge < -0.3 is 4.90 Å². The molecule has 0 amide bonds. The summed E-state index contributed by atoms with van der Waals surface area (Å²) in [7, 11) is 0. The van der Waals surface area contributed by atoms with Crippen LogP contribution in [0.15, 0.2) is 145 Å². The quantitative estimate of drug-likeness (QED) is 0.207. The average molecular weight is 561 g/mol. The third kappa shape index (κ3) is 4.40. The van der Waals surface area contributed by atoms with Gasteiger partial charge in [0, 0.05) is 17.1 Å². The summed E-state index contributed by atoms with van der Waals surface area (Å²) in [5.41, 5.74) is 4.46. The molecule has 0 N–H and O–H groups in total. The monoisotopic (exact) mass is 560 g/mol. The molecule has 0 fully saturated rings. The van der Waals surface area contributed by atoms with Gasteiger partial charge in [-0.2, -0.15) is 0 Å². The molecule has 43 heavy (non-hydrogen) atoms. The van der Waals surface area contributed by atoms with Crippen LogP contribution in [0.5, 0.6) is 0 Å². The second-order valence-electron chi connectivity index (χ2n) is 11.9. The van der Waals surface area contributed by atoms with Gasteiger partial charge in [0.25, 0.3) is 0 Å². The zero-order chi connectivity index (χ0) is 37.0. The molecule has 7 aromatic rings. The van der Waals surface area contributed by atoms with Crippen molar-refractivity contribution in [3.05, 3.63) is 151 Å². The first-order chi connectivity index (χ1) is 24.7. The maximum atomic E-state index is 9.47. The molecule has 1 heteroatoms. The van der Waals surface area contributed by atoms with Crippen LogP contribution in [0.25, 0.3) is 54.9 Å². The number of para-hydroxylation sites is 2. The highest BCUT2D eigenvalue weighted by Gasteiger charge is 2.24. The van der Waals surface area contributed by atoms with E-state index in [1.165, 1.54) is 0 Å². The minimum absolute atomic E-state index is 0.00250. The lowest BCUT2D eigenvalue weighted by Gasteiger charge is -2.28. The van der Waals surface area contributed by atoms with Gasteiger partial charge in [-0.25, -0.2) is 0 Å². The largest absolute Gasteiger partial charge is 0.310 e. The van der Waals surface area contributed by atoms with E-state index in [-0.39, 0.29) is 109 Å². The topological polar surface area (TPSA) is 3.24 Å². The van der Waals surface area contributed by atoms with Crippen LogP contribution >= 0.6 is 0 Å². The van der Waals surface area contributed by atoms with Gasteiger partial charge in [-0.15, -0.1) is 0 Å². The fraction of sp³-hybridized carbons (Fsp3) is 0.0952. The molecule has 0 radical (unpaired) electrons. The Balaban J connectivity index is 1.39. The Morgan fingerprint density at radius 2 is 0.953 bits per heavy atom. The van der Waals surface area contributed by atoms with Gasteiger partial charge in [0.2, 0.25) is 0 Å². The summed E-state index contributed by atoms with van der Waals surface area (Å²) in [6.07, 6.45) is 0. The van der Waals surface area contributed by atoms with E-state index in [4.69, 9.17) is 1.37 Å². The Morgan fingerprint density at radius 3 is 1.51 bits per heavy atom. The number of hydrogen-bond donors (Lipinski definition) is 0. The third-order valence-corrected chi connectivity index (χ3v) is 7.98. The molecular weight excluding hydrogens is 518 g/mol. The van der Waals surface area contributed by atoms with Crippen LogP contribution in [0.3, 0.4) is 0 Å². The van der Waals surface area contributed by atoms with Crippen LogP contribution in [-0.4, -0.2) is 0 Å². The van der Waals surface area contributed by atoms with Crippen molar-refractivity contribution in [2.75, 3.05) is 4.90 Å². The average Bonchev–Trinajstić information content (AvgIpc) is 3.11. The first kappa shape index (κ1) is 17.7. The molecule has 0 saturated carbocycles. The van der Waals surface area contributed by atoms with E-state index < -0.39 is 0 Å². The molecule has 7 aromatic carbocycles. The fourth-order valence-electron chi connectivity index (χ4n) is 5.64. The number of fused-ring (bicyclic) bond motifs is 6. The minimum Gasteiger partial charge on any atom is -0.310 e. The van der Waals surface area contributed by atoms with Crippen LogP contribution in [0.1, 0.15) is 38.7 Å². The summed E-state index contributed by atoms with van der Waals surface area (Å²) < 4.78 is 83.5. The van der Waals surface area contributed by atoms with Crippen LogP contribution in [-0.2, 0) is 5.41 Å². The van der Waals surface area contributed by atoms with Gasteiger partial charge in [0.1, 0.15) is 0 Å². The lowest BCUT2D eigenvalue weighted by molar-refractivity contribution is 0.590. The van der Waals surface area contributed by atoms with E-state index in [1.807, 2.05) is 84.9 Å². The van der Waals surface area contributed by atoms with Crippen molar-refractivity contribution in [3.63, 3.8) is 0 Å². The van der Waals surface area contributed by atoms with Gasteiger partial charge in [-0.3, -0.25) is 0 Å². The fourth-order valence-corrected chi connectivity index (χ4v) is 5.64. The van der Waals surface area contributed by atoms with Crippen molar-refractivity contribution in [2.24, 2.45) is 0 Å². The van der Waals surface area contributed by atoms with E-state index in [0.717, 1.165) is 5.56 Å². The van der Waals surface area contributed by atoms with Crippen LogP contribution < -0.4 is 4.90 Å². The van der Waals surface area contributed by atoms with Crippen molar-refractivity contribution < 1.29 is 12.3 Å². The molecule has 1 aliphatic carbocycles. The molecule has 0 bridgehead atoms. The number of hydrogen-bond acceptors (Lipinski definition) is 1. The Labute approximate surface area is 266 Å². The number of nitrogens with zero attached hydrogens (tertiary/aromatic N) is 1. The second-order valence-corrected chi connectivity index (χ2v) is 11.9. The number of benzene rings is 7. The molecule has 206 valence electrons. The highest BCUT2D eigenvalue weighted by atomic mass is 15.1. The highest BCUT2D eigenvalue weighted by molar-refractivity contribution is 6.12. The molecule has 0 saturated heterocycles. The molecule has 1 nitrogen and oxygen atoms in total. The molecule has 0 aliphatic heterocycles. The van der Waals surface area contributed by atoms with E-state index in [2.05, 4.69) is 20.8 Å². The van der Waals surface area contributed by atoms with Gasteiger partial charge in [0.15, 0.2) is 0 Å². The van der Waals surface area contributed by atoms with E-state index in [9.17, 15) is 11.0 Å². The van der Waals surface area contributed by atoms with Crippen molar-refractivity contribution in [3.8, 4) is 33.4 Å². The van der Waals surface area contributed by atoms with Crippen molar-refractivity contribution in [1.29, 1.82) is 0 Å². The van der Waals surface area contributed by atoms with E-state index >= 15 is 0 Å². The van der Waals surface area contributed by atoms with Crippen molar-refractivity contribution in [1.82, 2.24) is 0 Å². The lowest BCUT2D eigenvalue weighted by atomic mass is 9.77. The van der Waals surface area contributed by atoms with E-state index in [0.29, 0.717) is 22.5 Å². The van der Waals surface area contributed by atoms with Gasteiger partial charge in [-0.05, 0) is 132 Å². The molecule has 0 heterocycles. The Kier molecular flexibility index (Phi) is 4.01. The maximum absolute atomic E-state index is 9.47. The molecule has 0 aromatic heterocycles. The maximum Gasteiger partial charge on any atom is 0.0651 e. The summed E-state index contributed by atoms with van der Waals surface area (Å²) in [4.78, 5) is 1.71. The molecule has 1 aliphatic rings. The predicted octanol–water partition coefficient (Wildman–Crippen LogP) is 12.1. The van der Waals surface area contributed by atoms with Crippen molar-refractivity contribution >= 4 is 38.6 Å². The summed E-state index contributed by atoms with van der Waals surface area (Å²) in [5, 5.41) is 0.206. The summed E-state index contributed by atoms with van der Waals surface area (Å²) in [6.45, 7) is 6.34. The van der Waals surface area contributed by atoms with Crippen LogP contribution in [0, 0.1) is 0 Å². The molecule has 0 spiro atoms. The van der Waals surface area contributed by atoms with Gasteiger partial charge >= 0.3 is 0 Å². The van der Waals surface area contributed by atoms with E-state index in [1.54, 1.807) is 11.0 Å². The number of anilines is 3. The van der Waals surface area contributed by atoms with Gasteiger partial charge in [0.05, 0.1) is 12.3 Å². The Hall–Kier alpha value is -5.14. The van der Waals surface area contributed by atoms with Crippen LogP contribution in [0.4, 0.5) is 17.1 Å². The number of rotatable bonds is 4. The molecule has 8 rings (SSSR count). The zero-order valence-corrected chi connectivity index (χ0v) is 24.1. The smallest absolute Gasteiger partial charge is 0.0651 e. The third-order valence-electron chi connectivity index (χ3n) is 7.98. The molecule has 0 unspecified atom stereocenters. The predicted molar refractivity (Wildman–Crippen MR) is 185 cm³/mol.